The summed E-state index contributed by atoms with van der Waals surface area (Å²) in [7, 11) is 0. The van der Waals surface area contributed by atoms with E-state index in [-0.39, 0.29) is 5.91 Å². The van der Waals surface area contributed by atoms with Crippen molar-refractivity contribution in [3.63, 3.8) is 0 Å². The first-order valence-corrected chi connectivity index (χ1v) is 13.0. The number of rotatable bonds is 8. The van der Waals surface area contributed by atoms with Gasteiger partial charge in [-0.3, -0.25) is 9.52 Å². The monoisotopic (exact) mass is 489 g/mol. The molecule has 0 bridgehead atoms. The summed E-state index contributed by atoms with van der Waals surface area (Å²) in [5.74, 6) is 2.24. The van der Waals surface area contributed by atoms with Crippen LogP contribution in [0.4, 0.5) is 29.0 Å². The Bertz CT molecular complexity index is 1190. The van der Waals surface area contributed by atoms with Gasteiger partial charge in [0.15, 0.2) is 0 Å². The molecule has 2 aliphatic heterocycles. The minimum Gasteiger partial charge on any atom is -0.369 e. The molecule has 0 unspecified atom stereocenters. The predicted octanol–water partition coefficient (Wildman–Crippen LogP) is 5.17. The van der Waals surface area contributed by atoms with Crippen LogP contribution in [-0.4, -0.2) is 46.5 Å². The molecule has 4 N–H and O–H groups in total. The van der Waals surface area contributed by atoms with Gasteiger partial charge in [0.25, 0.3) is 5.91 Å². The van der Waals surface area contributed by atoms with Crippen molar-refractivity contribution in [3.8, 4) is 0 Å². The van der Waals surface area contributed by atoms with Crippen molar-refractivity contribution in [2.24, 2.45) is 0 Å². The van der Waals surface area contributed by atoms with Gasteiger partial charge in [-0.15, -0.1) is 0 Å². The third-order valence-corrected chi connectivity index (χ3v) is 7.17. The van der Waals surface area contributed by atoms with E-state index < -0.39 is 0 Å². The standard InChI is InChI=1S/C26H31N7OS/c1-17(2)32-35-22-8-4-3-7-21(22)29-24-20-13-14-27-23(20)30-26(31-24)28-19-11-9-18(10-12-19)25(34)33-15-5-6-16-33/h3-4,7-12,17,32H,5-6,13-16H2,1-2H3,(H3,27,28,29,30,31). The zero-order valence-electron chi connectivity index (χ0n) is 20.1. The highest BCUT2D eigenvalue weighted by Crippen LogP contribution is 2.33. The molecule has 35 heavy (non-hydrogen) atoms. The SMILES string of the molecule is CC(C)NSc1ccccc1Nc1nc(Nc2ccc(C(=O)N3CCCC3)cc2)nc2c1CCN2. The molecule has 0 aliphatic carbocycles. The number of benzene rings is 2. The van der Waals surface area contributed by atoms with Crippen LogP contribution >= 0.6 is 11.9 Å². The molecule has 0 spiro atoms. The van der Waals surface area contributed by atoms with E-state index in [4.69, 9.17) is 4.98 Å². The average molecular weight is 490 g/mol. The highest BCUT2D eigenvalue weighted by atomic mass is 32.2. The Balaban J connectivity index is 1.35. The first kappa shape index (κ1) is 23.4. The molecule has 1 amide bonds. The fourth-order valence-corrected chi connectivity index (χ4v) is 4.97. The van der Waals surface area contributed by atoms with Gasteiger partial charge >= 0.3 is 0 Å². The van der Waals surface area contributed by atoms with Crippen LogP contribution in [0.15, 0.2) is 53.4 Å². The predicted molar refractivity (Wildman–Crippen MR) is 143 cm³/mol. The fraction of sp³-hybridized carbons (Fsp3) is 0.346. The van der Waals surface area contributed by atoms with E-state index in [2.05, 4.69) is 51.6 Å². The number of amides is 1. The highest BCUT2D eigenvalue weighted by Gasteiger charge is 2.21. The lowest BCUT2D eigenvalue weighted by atomic mass is 10.2. The van der Waals surface area contributed by atoms with Crippen LogP contribution in [0.1, 0.15) is 42.6 Å². The average Bonchev–Trinajstić information content (AvgIpc) is 3.56. The quantitative estimate of drug-likeness (QED) is 0.322. The molecule has 5 rings (SSSR count). The van der Waals surface area contributed by atoms with E-state index >= 15 is 0 Å². The summed E-state index contributed by atoms with van der Waals surface area (Å²) in [4.78, 5) is 25.2. The molecule has 1 fully saturated rings. The van der Waals surface area contributed by atoms with Crippen LogP contribution in [0, 0.1) is 0 Å². The maximum atomic E-state index is 12.6. The summed E-state index contributed by atoms with van der Waals surface area (Å²) < 4.78 is 3.41. The van der Waals surface area contributed by atoms with Gasteiger partial charge in [0.1, 0.15) is 11.6 Å². The molecular weight excluding hydrogens is 458 g/mol. The molecule has 2 aromatic carbocycles. The van der Waals surface area contributed by atoms with Gasteiger partial charge < -0.3 is 20.9 Å². The molecule has 1 aromatic heterocycles. The normalized spacial score (nSPS) is 14.7. The number of hydrogen-bond donors (Lipinski definition) is 4. The summed E-state index contributed by atoms with van der Waals surface area (Å²) in [5.41, 5.74) is 3.62. The largest absolute Gasteiger partial charge is 0.369 e. The zero-order valence-corrected chi connectivity index (χ0v) is 20.9. The number of hydrogen-bond acceptors (Lipinski definition) is 8. The first-order chi connectivity index (χ1) is 17.1. The van der Waals surface area contributed by atoms with Gasteiger partial charge in [0, 0.05) is 47.4 Å². The smallest absolute Gasteiger partial charge is 0.253 e. The summed E-state index contributed by atoms with van der Waals surface area (Å²) in [6.45, 7) is 6.78. The molecule has 182 valence electrons. The number of para-hydroxylation sites is 1. The Morgan fingerprint density at radius 1 is 1.03 bits per heavy atom. The number of nitrogens with zero attached hydrogens (tertiary/aromatic N) is 3. The molecule has 9 heteroatoms. The van der Waals surface area contributed by atoms with Crippen molar-refractivity contribution < 1.29 is 4.79 Å². The number of carbonyl (C=O) groups is 1. The van der Waals surface area contributed by atoms with Crippen molar-refractivity contribution in [2.75, 3.05) is 35.6 Å². The Morgan fingerprint density at radius 2 is 1.80 bits per heavy atom. The van der Waals surface area contributed by atoms with Crippen LogP contribution in [0.3, 0.4) is 0 Å². The molecule has 0 saturated carbocycles. The number of fused-ring (bicyclic) bond motifs is 1. The van der Waals surface area contributed by atoms with Crippen LogP contribution in [0.5, 0.6) is 0 Å². The second kappa shape index (κ2) is 10.5. The number of likely N-dealkylation sites (tertiary alicyclic amines) is 1. The van der Waals surface area contributed by atoms with Gasteiger partial charge in [0.05, 0.1) is 5.69 Å². The van der Waals surface area contributed by atoms with Gasteiger partial charge in [-0.2, -0.15) is 9.97 Å². The molecule has 3 heterocycles. The van der Waals surface area contributed by atoms with Crippen molar-refractivity contribution in [1.82, 2.24) is 19.6 Å². The third kappa shape index (κ3) is 5.52. The van der Waals surface area contributed by atoms with E-state index in [9.17, 15) is 4.79 Å². The van der Waals surface area contributed by atoms with E-state index in [1.165, 1.54) is 0 Å². The van der Waals surface area contributed by atoms with Crippen LogP contribution in [-0.2, 0) is 6.42 Å². The number of aromatic nitrogens is 2. The van der Waals surface area contributed by atoms with Crippen LogP contribution < -0.4 is 20.7 Å². The van der Waals surface area contributed by atoms with E-state index in [0.717, 1.165) is 72.4 Å². The molecule has 0 atom stereocenters. The Kier molecular flexibility index (Phi) is 7.06. The van der Waals surface area contributed by atoms with E-state index in [1.807, 2.05) is 41.3 Å². The first-order valence-electron chi connectivity index (χ1n) is 12.2. The third-order valence-electron chi connectivity index (χ3n) is 6.00. The Labute approximate surface area is 210 Å². The molecule has 0 radical (unpaired) electrons. The molecule has 1 saturated heterocycles. The minimum absolute atomic E-state index is 0.0991. The zero-order chi connectivity index (χ0) is 24.2. The van der Waals surface area contributed by atoms with Gasteiger partial charge in [0.2, 0.25) is 5.95 Å². The molecular formula is C26H31N7OS. The fourth-order valence-electron chi connectivity index (χ4n) is 4.23. The Morgan fingerprint density at radius 3 is 2.57 bits per heavy atom. The number of carbonyl (C=O) groups excluding carboxylic acids is 1. The lowest BCUT2D eigenvalue weighted by molar-refractivity contribution is 0.0793. The number of anilines is 5. The van der Waals surface area contributed by atoms with E-state index in [1.54, 1.807) is 11.9 Å². The topological polar surface area (TPSA) is 94.2 Å². The molecule has 3 aromatic rings. The Hall–Kier alpha value is -3.30. The van der Waals surface area contributed by atoms with Crippen LogP contribution in [0.2, 0.25) is 0 Å². The minimum atomic E-state index is 0.0991. The lowest BCUT2D eigenvalue weighted by Crippen LogP contribution is -2.27. The van der Waals surface area contributed by atoms with E-state index in [0.29, 0.717) is 17.6 Å². The van der Waals surface area contributed by atoms with Gasteiger partial charge in [-0.25, -0.2) is 0 Å². The van der Waals surface area contributed by atoms with Crippen molar-refractivity contribution in [2.45, 2.75) is 44.0 Å². The van der Waals surface area contributed by atoms with Gasteiger partial charge in [-0.1, -0.05) is 12.1 Å². The summed E-state index contributed by atoms with van der Waals surface area (Å²) >= 11 is 1.61. The second-order valence-electron chi connectivity index (χ2n) is 9.10. The number of nitrogens with one attached hydrogen (secondary N) is 4. The summed E-state index contributed by atoms with van der Waals surface area (Å²) in [5, 5.41) is 10.2. The van der Waals surface area contributed by atoms with Crippen LogP contribution in [0.25, 0.3) is 0 Å². The lowest BCUT2D eigenvalue weighted by Gasteiger charge is -2.16. The highest BCUT2D eigenvalue weighted by molar-refractivity contribution is 7.97. The van der Waals surface area contributed by atoms with Crippen molar-refractivity contribution >= 4 is 46.8 Å². The summed E-state index contributed by atoms with van der Waals surface area (Å²) in [6, 6.07) is 16.1. The maximum Gasteiger partial charge on any atom is 0.253 e. The molecule has 2 aliphatic rings. The van der Waals surface area contributed by atoms with Gasteiger partial charge in [-0.05, 0) is 81.5 Å². The summed E-state index contributed by atoms with van der Waals surface area (Å²) in [6.07, 6.45) is 3.04. The molecule has 8 nitrogen and oxygen atoms in total. The van der Waals surface area contributed by atoms with Crippen molar-refractivity contribution in [1.29, 1.82) is 0 Å². The maximum absolute atomic E-state index is 12.6. The van der Waals surface area contributed by atoms with Crippen molar-refractivity contribution in [3.05, 3.63) is 59.7 Å². The second-order valence-corrected chi connectivity index (χ2v) is 9.98.